The zero-order valence-electron chi connectivity index (χ0n) is 15.0. The lowest BCUT2D eigenvalue weighted by Crippen LogP contribution is -2.22. The number of nitrogens with zero attached hydrogens (tertiary/aromatic N) is 1. The number of ether oxygens (including phenoxy) is 2. The van der Waals surface area contributed by atoms with Crippen LogP contribution in [0.1, 0.15) is 22.3 Å². The number of amidine groups is 1. The maximum Gasteiger partial charge on any atom is 0.308 e. The van der Waals surface area contributed by atoms with Gasteiger partial charge in [0.25, 0.3) is 10.0 Å². The average molecular weight is 402 g/mol. The molecule has 2 aromatic rings. The molecule has 28 heavy (non-hydrogen) atoms. The van der Waals surface area contributed by atoms with Crippen molar-refractivity contribution < 1.29 is 27.5 Å². The molecule has 3 rings (SSSR count). The van der Waals surface area contributed by atoms with Crippen molar-refractivity contribution in [2.45, 2.75) is 11.3 Å². The van der Waals surface area contributed by atoms with Gasteiger partial charge < -0.3 is 9.47 Å². The Morgan fingerprint density at radius 3 is 2.68 bits per heavy atom. The molecule has 0 aromatic heterocycles. The lowest BCUT2D eigenvalue weighted by atomic mass is 10.1. The number of hydrogen-bond donors (Lipinski definition) is 1. The summed E-state index contributed by atoms with van der Waals surface area (Å²) in [5.74, 6) is -0.228. The van der Waals surface area contributed by atoms with E-state index in [1.807, 2.05) is 0 Å². The van der Waals surface area contributed by atoms with E-state index < -0.39 is 22.6 Å². The zero-order chi connectivity index (χ0) is 20.1. The van der Waals surface area contributed by atoms with Gasteiger partial charge in [-0.05, 0) is 24.3 Å². The van der Waals surface area contributed by atoms with Gasteiger partial charge >= 0.3 is 5.97 Å². The SMILES string of the molecule is COc1cccc(C(=O)COC(=O)CCN=C2NS(=O)(=O)c3ccccc32)c1. The molecule has 0 fully saturated rings. The van der Waals surface area contributed by atoms with E-state index in [1.165, 1.54) is 13.2 Å². The van der Waals surface area contributed by atoms with Gasteiger partial charge in [0.15, 0.2) is 12.4 Å². The minimum atomic E-state index is -3.62. The number of sulfonamides is 1. The number of ketones is 1. The normalized spacial score (nSPS) is 15.5. The first-order valence-corrected chi connectivity index (χ1v) is 9.88. The summed E-state index contributed by atoms with van der Waals surface area (Å²) in [6, 6.07) is 13.0. The number of esters is 1. The molecule has 0 saturated carbocycles. The highest BCUT2D eigenvalue weighted by molar-refractivity contribution is 7.90. The molecule has 0 spiro atoms. The van der Waals surface area contributed by atoms with Crippen molar-refractivity contribution in [2.24, 2.45) is 4.99 Å². The van der Waals surface area contributed by atoms with Crippen molar-refractivity contribution in [2.75, 3.05) is 20.3 Å². The molecule has 0 atom stereocenters. The summed E-state index contributed by atoms with van der Waals surface area (Å²) in [5, 5.41) is 0. The molecule has 8 nitrogen and oxygen atoms in total. The Morgan fingerprint density at radius 2 is 1.89 bits per heavy atom. The first kappa shape index (κ1) is 19.6. The number of methoxy groups -OCH3 is 1. The third-order valence-corrected chi connectivity index (χ3v) is 5.40. The fourth-order valence-corrected chi connectivity index (χ4v) is 3.86. The van der Waals surface area contributed by atoms with Crippen LogP contribution in [0.4, 0.5) is 0 Å². The molecule has 0 aliphatic carbocycles. The van der Waals surface area contributed by atoms with E-state index >= 15 is 0 Å². The molecule has 9 heteroatoms. The number of carbonyl (C=O) groups excluding carboxylic acids is 2. The van der Waals surface area contributed by atoms with Gasteiger partial charge in [0.1, 0.15) is 11.6 Å². The number of carbonyl (C=O) groups is 2. The summed E-state index contributed by atoms with van der Waals surface area (Å²) < 4.78 is 36.4. The van der Waals surface area contributed by atoms with Crippen LogP contribution in [0.25, 0.3) is 0 Å². The fraction of sp³-hybridized carbons (Fsp3) is 0.211. The predicted molar refractivity (Wildman–Crippen MR) is 101 cm³/mol. The average Bonchev–Trinajstić information content (AvgIpc) is 2.97. The molecular weight excluding hydrogens is 384 g/mol. The summed E-state index contributed by atoms with van der Waals surface area (Å²) in [6.45, 7) is -0.365. The number of fused-ring (bicyclic) bond motifs is 1. The zero-order valence-corrected chi connectivity index (χ0v) is 15.9. The van der Waals surface area contributed by atoms with E-state index in [4.69, 9.17) is 9.47 Å². The van der Waals surface area contributed by atoms with Gasteiger partial charge in [-0.2, -0.15) is 0 Å². The van der Waals surface area contributed by atoms with Crippen LogP contribution in [-0.4, -0.2) is 46.3 Å². The Morgan fingerprint density at radius 1 is 1.11 bits per heavy atom. The number of hydrogen-bond acceptors (Lipinski definition) is 7. The van der Waals surface area contributed by atoms with Crippen molar-refractivity contribution >= 4 is 27.6 Å². The number of benzene rings is 2. The van der Waals surface area contributed by atoms with Gasteiger partial charge in [0.2, 0.25) is 0 Å². The first-order chi connectivity index (χ1) is 13.4. The van der Waals surface area contributed by atoms with E-state index in [1.54, 1.807) is 42.5 Å². The second-order valence-corrected chi connectivity index (χ2v) is 7.55. The quantitative estimate of drug-likeness (QED) is 0.556. The molecule has 0 amide bonds. The van der Waals surface area contributed by atoms with Gasteiger partial charge in [-0.1, -0.05) is 24.3 Å². The Kier molecular flexibility index (Phi) is 5.74. The molecule has 1 N–H and O–H groups in total. The van der Waals surface area contributed by atoms with E-state index in [9.17, 15) is 18.0 Å². The second-order valence-electron chi connectivity index (χ2n) is 5.90. The lowest BCUT2D eigenvalue weighted by Gasteiger charge is -2.05. The maximum atomic E-state index is 12.1. The largest absolute Gasteiger partial charge is 0.497 e. The number of nitrogens with one attached hydrogen (secondary N) is 1. The van der Waals surface area contributed by atoms with Crippen LogP contribution < -0.4 is 9.46 Å². The van der Waals surface area contributed by atoms with Gasteiger partial charge in [-0.15, -0.1) is 0 Å². The molecular formula is C19H18N2O6S. The monoisotopic (exact) mass is 402 g/mol. The van der Waals surface area contributed by atoms with Gasteiger partial charge in [-0.3, -0.25) is 19.3 Å². The van der Waals surface area contributed by atoms with Crippen molar-refractivity contribution in [3.8, 4) is 5.75 Å². The van der Waals surface area contributed by atoms with Gasteiger partial charge in [-0.25, -0.2) is 8.42 Å². The molecule has 0 unspecified atom stereocenters. The highest BCUT2D eigenvalue weighted by Crippen LogP contribution is 2.22. The molecule has 146 valence electrons. The van der Waals surface area contributed by atoms with Crippen LogP contribution in [0, 0.1) is 0 Å². The topological polar surface area (TPSA) is 111 Å². The summed E-state index contributed by atoms with van der Waals surface area (Å²) in [6.07, 6.45) is -0.0845. The molecule has 1 aliphatic rings. The Bertz CT molecular complexity index is 1050. The van der Waals surface area contributed by atoms with Crippen molar-refractivity contribution in [3.63, 3.8) is 0 Å². The Labute approximate surface area is 162 Å². The van der Waals surface area contributed by atoms with Gasteiger partial charge in [0.05, 0.1) is 25.0 Å². The number of aliphatic imine (C=N–C) groups is 1. The minimum Gasteiger partial charge on any atom is -0.497 e. The van der Waals surface area contributed by atoms with Crippen LogP contribution in [-0.2, 0) is 19.6 Å². The summed E-state index contributed by atoms with van der Waals surface area (Å²) in [5.41, 5.74) is 0.841. The molecule has 0 radical (unpaired) electrons. The molecule has 2 aromatic carbocycles. The number of rotatable bonds is 7. The number of Topliss-reactive ketones (excluding diaryl/α,β-unsaturated/α-hetero) is 1. The maximum absolute atomic E-state index is 12.1. The Balaban J connectivity index is 1.53. The molecule has 1 aliphatic heterocycles. The minimum absolute atomic E-state index is 0.0262. The predicted octanol–water partition coefficient (Wildman–Crippen LogP) is 1.55. The first-order valence-electron chi connectivity index (χ1n) is 8.40. The lowest BCUT2D eigenvalue weighted by molar-refractivity contribution is -0.142. The standard InChI is InChI=1S/C19H18N2O6S/c1-26-14-6-4-5-13(11-14)16(22)12-27-18(23)9-10-20-19-15-7-2-3-8-17(15)28(24,25)21-19/h2-8,11H,9-10,12H2,1H3,(H,20,21). The van der Waals surface area contributed by atoms with E-state index in [0.29, 0.717) is 16.9 Å². The van der Waals surface area contributed by atoms with E-state index in [-0.39, 0.29) is 29.5 Å². The van der Waals surface area contributed by atoms with Crippen molar-refractivity contribution in [1.82, 2.24) is 4.72 Å². The highest BCUT2D eigenvalue weighted by Gasteiger charge is 2.29. The highest BCUT2D eigenvalue weighted by atomic mass is 32.2. The van der Waals surface area contributed by atoms with Crippen molar-refractivity contribution in [1.29, 1.82) is 0 Å². The van der Waals surface area contributed by atoms with Crippen molar-refractivity contribution in [3.05, 3.63) is 59.7 Å². The van der Waals surface area contributed by atoms with Gasteiger partial charge in [0, 0.05) is 11.1 Å². The summed E-state index contributed by atoms with van der Waals surface area (Å²) in [7, 11) is -2.12. The fourth-order valence-electron chi connectivity index (χ4n) is 2.61. The van der Waals surface area contributed by atoms with Crippen LogP contribution in [0.5, 0.6) is 5.75 Å². The third-order valence-electron chi connectivity index (χ3n) is 4.00. The van der Waals surface area contributed by atoms with Crippen LogP contribution in [0.15, 0.2) is 58.4 Å². The third kappa shape index (κ3) is 4.37. The smallest absolute Gasteiger partial charge is 0.308 e. The Hall–Kier alpha value is -3.20. The van der Waals surface area contributed by atoms with E-state index in [2.05, 4.69) is 9.71 Å². The van der Waals surface area contributed by atoms with Crippen LogP contribution >= 0.6 is 0 Å². The molecule has 0 saturated heterocycles. The second kappa shape index (κ2) is 8.22. The summed E-state index contributed by atoms with van der Waals surface area (Å²) in [4.78, 5) is 28.2. The van der Waals surface area contributed by atoms with Crippen LogP contribution in [0.3, 0.4) is 0 Å². The summed E-state index contributed by atoms with van der Waals surface area (Å²) >= 11 is 0. The van der Waals surface area contributed by atoms with Crippen LogP contribution in [0.2, 0.25) is 0 Å². The molecule has 1 heterocycles. The molecule has 0 bridgehead atoms. The van der Waals surface area contributed by atoms with E-state index in [0.717, 1.165) is 0 Å².